The maximum Gasteiger partial charge on any atom is 0.325 e. The number of unbranched alkanes of at least 4 members (excludes halogenated alkanes) is 1. The van der Waals surface area contributed by atoms with Crippen LogP contribution in [0, 0.1) is 0 Å². The number of hydrogen-bond acceptors (Lipinski definition) is 2. The minimum absolute atomic E-state index is 0.226. The standard InChI is InChI=1S/C11H18N2O2/c1-3-5-7-8-9(6-4-2)12-11(15)13-10(8)14/h3-7H2,1-2H3,(H2,12,13,14,15). The molecule has 0 radical (unpaired) electrons. The van der Waals surface area contributed by atoms with E-state index in [-0.39, 0.29) is 5.56 Å². The SMILES string of the molecule is CCCCc1c(CCC)[nH]c(=O)[nH]c1=O. The molecule has 0 aliphatic carbocycles. The van der Waals surface area contributed by atoms with Gasteiger partial charge in [0.2, 0.25) is 0 Å². The summed E-state index contributed by atoms with van der Waals surface area (Å²) >= 11 is 0. The van der Waals surface area contributed by atoms with Crippen LogP contribution in [-0.4, -0.2) is 9.97 Å². The second kappa shape index (κ2) is 5.53. The zero-order valence-corrected chi connectivity index (χ0v) is 9.35. The monoisotopic (exact) mass is 210 g/mol. The van der Waals surface area contributed by atoms with Crippen LogP contribution in [0.1, 0.15) is 44.4 Å². The molecule has 0 saturated carbocycles. The lowest BCUT2D eigenvalue weighted by Gasteiger charge is -2.05. The van der Waals surface area contributed by atoms with E-state index in [1.54, 1.807) is 0 Å². The molecule has 4 heteroatoms. The first kappa shape index (κ1) is 11.8. The molecule has 0 aromatic carbocycles. The molecule has 0 aliphatic rings. The summed E-state index contributed by atoms with van der Waals surface area (Å²) in [5.41, 5.74) is 0.928. The largest absolute Gasteiger partial charge is 0.325 e. The van der Waals surface area contributed by atoms with Gasteiger partial charge in [-0.25, -0.2) is 4.79 Å². The molecule has 0 saturated heterocycles. The second-order valence-corrected chi connectivity index (χ2v) is 3.72. The fraction of sp³-hybridized carbons (Fsp3) is 0.636. The van der Waals surface area contributed by atoms with Crippen molar-refractivity contribution in [2.45, 2.75) is 46.0 Å². The van der Waals surface area contributed by atoms with Gasteiger partial charge in [-0.05, 0) is 19.3 Å². The number of nitrogens with one attached hydrogen (secondary N) is 2. The van der Waals surface area contributed by atoms with Crippen LogP contribution in [-0.2, 0) is 12.8 Å². The summed E-state index contributed by atoms with van der Waals surface area (Å²) in [5.74, 6) is 0. The number of aromatic nitrogens is 2. The van der Waals surface area contributed by atoms with Gasteiger partial charge in [0.25, 0.3) is 5.56 Å². The van der Waals surface area contributed by atoms with Crippen LogP contribution >= 0.6 is 0 Å². The van der Waals surface area contributed by atoms with Crippen molar-refractivity contribution in [3.63, 3.8) is 0 Å². The molecule has 0 fully saturated rings. The maximum absolute atomic E-state index is 11.6. The summed E-state index contributed by atoms with van der Waals surface area (Å²) in [7, 11) is 0. The van der Waals surface area contributed by atoms with E-state index < -0.39 is 5.69 Å². The third kappa shape index (κ3) is 3.08. The molecule has 0 amide bonds. The Hall–Kier alpha value is -1.32. The Morgan fingerprint density at radius 2 is 1.73 bits per heavy atom. The van der Waals surface area contributed by atoms with Crippen LogP contribution in [0.2, 0.25) is 0 Å². The summed E-state index contributed by atoms with van der Waals surface area (Å²) in [6.45, 7) is 4.11. The van der Waals surface area contributed by atoms with Crippen molar-refractivity contribution >= 4 is 0 Å². The Bertz CT molecular complexity index is 417. The fourth-order valence-corrected chi connectivity index (χ4v) is 1.64. The number of aromatic amines is 2. The lowest BCUT2D eigenvalue weighted by molar-refractivity contribution is 0.746. The van der Waals surface area contributed by atoms with Crippen molar-refractivity contribution in [1.82, 2.24) is 9.97 Å². The molecule has 1 aromatic rings. The normalized spacial score (nSPS) is 10.5. The molecular weight excluding hydrogens is 192 g/mol. The lowest BCUT2D eigenvalue weighted by atomic mass is 10.1. The average Bonchev–Trinajstić information content (AvgIpc) is 2.17. The highest BCUT2D eigenvalue weighted by Gasteiger charge is 2.07. The summed E-state index contributed by atoms with van der Waals surface area (Å²) in [4.78, 5) is 27.7. The van der Waals surface area contributed by atoms with E-state index in [4.69, 9.17) is 0 Å². The van der Waals surface area contributed by atoms with Gasteiger partial charge < -0.3 is 4.98 Å². The first-order valence-electron chi connectivity index (χ1n) is 5.53. The minimum atomic E-state index is -0.399. The van der Waals surface area contributed by atoms with Crippen molar-refractivity contribution in [1.29, 1.82) is 0 Å². The smallest absolute Gasteiger partial charge is 0.311 e. The average molecular weight is 210 g/mol. The van der Waals surface area contributed by atoms with E-state index in [2.05, 4.69) is 16.9 Å². The highest BCUT2D eigenvalue weighted by atomic mass is 16.2. The van der Waals surface area contributed by atoms with Crippen molar-refractivity contribution in [3.05, 3.63) is 32.1 Å². The summed E-state index contributed by atoms with van der Waals surface area (Å²) in [6, 6.07) is 0. The molecular formula is C11H18N2O2. The van der Waals surface area contributed by atoms with E-state index in [0.717, 1.165) is 43.4 Å². The van der Waals surface area contributed by atoms with Gasteiger partial charge in [0.15, 0.2) is 0 Å². The molecule has 84 valence electrons. The van der Waals surface area contributed by atoms with Crippen LogP contribution < -0.4 is 11.2 Å². The highest BCUT2D eigenvalue weighted by Crippen LogP contribution is 2.05. The van der Waals surface area contributed by atoms with Gasteiger partial charge in [-0.2, -0.15) is 0 Å². The molecule has 0 atom stereocenters. The van der Waals surface area contributed by atoms with Gasteiger partial charge in [0.05, 0.1) is 0 Å². The van der Waals surface area contributed by atoms with E-state index in [1.165, 1.54) is 0 Å². The van der Waals surface area contributed by atoms with Crippen molar-refractivity contribution < 1.29 is 0 Å². The molecule has 2 N–H and O–H groups in total. The molecule has 0 aliphatic heterocycles. The number of aryl methyl sites for hydroxylation is 1. The van der Waals surface area contributed by atoms with Crippen molar-refractivity contribution in [2.24, 2.45) is 0 Å². The van der Waals surface area contributed by atoms with Crippen LogP contribution in [0.3, 0.4) is 0 Å². The van der Waals surface area contributed by atoms with Crippen LogP contribution in [0.15, 0.2) is 9.59 Å². The molecule has 1 heterocycles. The molecule has 1 aromatic heterocycles. The van der Waals surface area contributed by atoms with Crippen LogP contribution in [0.5, 0.6) is 0 Å². The Labute approximate surface area is 88.7 Å². The first-order chi connectivity index (χ1) is 7.19. The fourth-order valence-electron chi connectivity index (χ4n) is 1.64. The summed E-state index contributed by atoms with van der Waals surface area (Å²) in [6.07, 6.45) is 4.46. The first-order valence-corrected chi connectivity index (χ1v) is 5.53. The number of rotatable bonds is 5. The van der Waals surface area contributed by atoms with Crippen LogP contribution in [0.25, 0.3) is 0 Å². The zero-order valence-electron chi connectivity index (χ0n) is 9.35. The predicted octanol–water partition coefficient (Wildman–Crippen LogP) is 1.36. The van der Waals surface area contributed by atoms with Crippen molar-refractivity contribution in [3.8, 4) is 0 Å². The second-order valence-electron chi connectivity index (χ2n) is 3.72. The number of H-pyrrole nitrogens is 2. The van der Waals surface area contributed by atoms with E-state index in [0.29, 0.717) is 0 Å². The molecule has 0 spiro atoms. The van der Waals surface area contributed by atoms with Gasteiger partial charge in [0, 0.05) is 11.3 Å². The van der Waals surface area contributed by atoms with E-state index in [9.17, 15) is 9.59 Å². The van der Waals surface area contributed by atoms with E-state index >= 15 is 0 Å². The van der Waals surface area contributed by atoms with Gasteiger partial charge in [-0.15, -0.1) is 0 Å². The zero-order chi connectivity index (χ0) is 11.3. The third-order valence-electron chi connectivity index (χ3n) is 2.41. The topological polar surface area (TPSA) is 65.7 Å². The van der Waals surface area contributed by atoms with Gasteiger partial charge >= 0.3 is 5.69 Å². The Morgan fingerprint density at radius 1 is 1.00 bits per heavy atom. The predicted molar refractivity (Wildman–Crippen MR) is 60.3 cm³/mol. The summed E-state index contributed by atoms with van der Waals surface area (Å²) in [5, 5.41) is 0. The Balaban J connectivity index is 3.09. The van der Waals surface area contributed by atoms with Gasteiger partial charge in [-0.1, -0.05) is 26.7 Å². The van der Waals surface area contributed by atoms with Crippen LogP contribution in [0.4, 0.5) is 0 Å². The van der Waals surface area contributed by atoms with Crippen molar-refractivity contribution in [2.75, 3.05) is 0 Å². The van der Waals surface area contributed by atoms with Gasteiger partial charge in [0.1, 0.15) is 0 Å². The lowest BCUT2D eigenvalue weighted by Crippen LogP contribution is -2.28. The highest BCUT2D eigenvalue weighted by molar-refractivity contribution is 5.16. The molecule has 0 unspecified atom stereocenters. The molecule has 0 bridgehead atoms. The molecule has 15 heavy (non-hydrogen) atoms. The Kier molecular flexibility index (Phi) is 4.34. The van der Waals surface area contributed by atoms with Gasteiger partial charge in [-0.3, -0.25) is 9.78 Å². The number of hydrogen-bond donors (Lipinski definition) is 2. The third-order valence-corrected chi connectivity index (χ3v) is 2.41. The summed E-state index contributed by atoms with van der Waals surface area (Å²) < 4.78 is 0. The minimum Gasteiger partial charge on any atom is -0.311 e. The molecule has 4 nitrogen and oxygen atoms in total. The molecule has 1 rings (SSSR count). The maximum atomic E-state index is 11.6. The quantitative estimate of drug-likeness (QED) is 0.770. The Morgan fingerprint density at radius 3 is 2.33 bits per heavy atom. The van der Waals surface area contributed by atoms with E-state index in [1.807, 2.05) is 6.92 Å².